The molecule has 0 N–H and O–H groups in total. The Morgan fingerprint density at radius 1 is 1.43 bits per heavy atom. The molecule has 14 heavy (non-hydrogen) atoms. The molecule has 0 aliphatic heterocycles. The van der Waals surface area contributed by atoms with E-state index in [0.717, 1.165) is 5.56 Å². The van der Waals surface area contributed by atoms with E-state index in [4.69, 9.17) is 5.26 Å². The summed E-state index contributed by atoms with van der Waals surface area (Å²) in [4.78, 5) is 11.6. The maximum Gasteiger partial charge on any atom is 0.164 e. The van der Waals surface area contributed by atoms with Crippen LogP contribution in [0.15, 0.2) is 24.3 Å². The molecule has 0 fully saturated rings. The third-order valence-corrected chi connectivity index (χ3v) is 2.31. The number of carbonyl (C=O) groups excluding carboxylic acids is 1. The normalized spacial score (nSPS) is 9.43. The zero-order chi connectivity index (χ0) is 10.4. The number of carbonyl (C=O) groups is 1. The number of hydrogen-bond acceptors (Lipinski definition) is 2. The summed E-state index contributed by atoms with van der Waals surface area (Å²) < 4.78 is 0. The van der Waals surface area contributed by atoms with Gasteiger partial charge in [0, 0.05) is 17.3 Å². The number of rotatable bonds is 4. The molecule has 0 aromatic heterocycles. The summed E-state index contributed by atoms with van der Waals surface area (Å²) in [5.74, 6) is 0.0905. The smallest absolute Gasteiger partial charge is 0.164 e. The van der Waals surface area contributed by atoms with Crippen LogP contribution in [-0.2, 0) is 6.42 Å². The molecule has 0 unspecified atom stereocenters. The van der Waals surface area contributed by atoms with Gasteiger partial charge in [-0.25, -0.2) is 0 Å². The van der Waals surface area contributed by atoms with Crippen molar-refractivity contribution in [2.75, 3.05) is 5.33 Å². The standard InChI is InChI=1S/C11H10BrNO/c12-7-5-11(14)10-4-2-1-3-9(10)6-8-13/h1-4H,5-7H2. The third kappa shape index (κ3) is 2.68. The van der Waals surface area contributed by atoms with Gasteiger partial charge in [-0.05, 0) is 5.56 Å². The molecule has 2 nitrogen and oxygen atoms in total. The predicted molar refractivity (Wildman–Crippen MR) is 58.5 cm³/mol. The summed E-state index contributed by atoms with van der Waals surface area (Å²) >= 11 is 3.22. The van der Waals surface area contributed by atoms with Crippen LogP contribution in [0.1, 0.15) is 22.3 Å². The molecule has 0 bridgehead atoms. The van der Waals surface area contributed by atoms with Crippen molar-refractivity contribution in [1.82, 2.24) is 0 Å². The molecule has 0 aliphatic rings. The number of nitriles is 1. The lowest BCUT2D eigenvalue weighted by Gasteiger charge is -2.03. The Balaban J connectivity index is 2.95. The van der Waals surface area contributed by atoms with E-state index in [9.17, 15) is 4.79 Å². The highest BCUT2D eigenvalue weighted by atomic mass is 79.9. The van der Waals surface area contributed by atoms with Crippen LogP contribution in [0.3, 0.4) is 0 Å². The van der Waals surface area contributed by atoms with E-state index >= 15 is 0 Å². The summed E-state index contributed by atoms with van der Waals surface area (Å²) in [5.41, 5.74) is 1.49. The Morgan fingerprint density at radius 3 is 2.79 bits per heavy atom. The van der Waals surface area contributed by atoms with E-state index in [1.54, 1.807) is 6.07 Å². The van der Waals surface area contributed by atoms with Crippen LogP contribution in [0.4, 0.5) is 0 Å². The van der Waals surface area contributed by atoms with Crippen molar-refractivity contribution < 1.29 is 4.79 Å². The Morgan fingerprint density at radius 2 is 2.14 bits per heavy atom. The lowest BCUT2D eigenvalue weighted by molar-refractivity contribution is 0.0989. The van der Waals surface area contributed by atoms with Crippen LogP contribution in [0.5, 0.6) is 0 Å². The number of Topliss-reactive ketones (excluding diaryl/α,β-unsaturated/α-hetero) is 1. The molecule has 1 aromatic carbocycles. The van der Waals surface area contributed by atoms with Gasteiger partial charge in [-0.3, -0.25) is 4.79 Å². The summed E-state index contributed by atoms with van der Waals surface area (Å²) in [6.07, 6.45) is 0.770. The van der Waals surface area contributed by atoms with Crippen molar-refractivity contribution in [3.63, 3.8) is 0 Å². The topological polar surface area (TPSA) is 40.9 Å². The molecule has 0 saturated heterocycles. The molecule has 72 valence electrons. The number of alkyl halides is 1. The van der Waals surface area contributed by atoms with Crippen molar-refractivity contribution in [2.24, 2.45) is 0 Å². The lowest BCUT2D eigenvalue weighted by atomic mass is 10.0. The van der Waals surface area contributed by atoms with Crippen molar-refractivity contribution in [1.29, 1.82) is 5.26 Å². The van der Waals surface area contributed by atoms with Gasteiger partial charge in [-0.15, -0.1) is 0 Å². The molecular formula is C11H10BrNO. The first-order chi connectivity index (χ1) is 6.79. The largest absolute Gasteiger partial charge is 0.294 e. The molecule has 1 rings (SSSR count). The van der Waals surface area contributed by atoms with Gasteiger partial charge in [0.05, 0.1) is 12.5 Å². The lowest BCUT2D eigenvalue weighted by Crippen LogP contribution is -2.03. The van der Waals surface area contributed by atoms with Gasteiger partial charge in [0.15, 0.2) is 5.78 Å². The van der Waals surface area contributed by atoms with E-state index in [1.165, 1.54) is 0 Å². The molecule has 0 radical (unpaired) electrons. The third-order valence-electron chi connectivity index (χ3n) is 1.91. The summed E-state index contributed by atoms with van der Waals surface area (Å²) in [7, 11) is 0. The average molecular weight is 252 g/mol. The van der Waals surface area contributed by atoms with Gasteiger partial charge in [-0.1, -0.05) is 40.2 Å². The highest BCUT2D eigenvalue weighted by Gasteiger charge is 2.09. The van der Waals surface area contributed by atoms with Gasteiger partial charge >= 0.3 is 0 Å². The SMILES string of the molecule is N#CCc1ccccc1C(=O)CCBr. The summed E-state index contributed by atoms with van der Waals surface area (Å²) in [5, 5.41) is 9.24. The Kier molecular flexibility index (Phi) is 4.34. The van der Waals surface area contributed by atoms with Gasteiger partial charge in [0.25, 0.3) is 0 Å². The maximum absolute atomic E-state index is 11.6. The molecule has 0 saturated carbocycles. The van der Waals surface area contributed by atoms with Crippen LogP contribution in [0.2, 0.25) is 0 Å². The molecule has 0 amide bonds. The number of hydrogen-bond donors (Lipinski definition) is 0. The zero-order valence-corrected chi connectivity index (χ0v) is 9.25. The van der Waals surface area contributed by atoms with Crippen molar-refractivity contribution in [3.8, 4) is 6.07 Å². The van der Waals surface area contributed by atoms with Gasteiger partial charge in [0.1, 0.15) is 0 Å². The Labute approximate surface area is 91.7 Å². The zero-order valence-electron chi connectivity index (χ0n) is 7.66. The molecule has 0 aliphatic carbocycles. The maximum atomic E-state index is 11.6. The minimum atomic E-state index is 0.0905. The summed E-state index contributed by atoms with van der Waals surface area (Å²) in [6.45, 7) is 0. The van der Waals surface area contributed by atoms with Crippen molar-refractivity contribution in [2.45, 2.75) is 12.8 Å². The van der Waals surface area contributed by atoms with Gasteiger partial charge in [-0.2, -0.15) is 5.26 Å². The highest BCUT2D eigenvalue weighted by Crippen LogP contribution is 2.12. The quantitative estimate of drug-likeness (QED) is 0.610. The Hall–Kier alpha value is -1.14. The molecule has 3 heteroatoms. The molecule has 0 atom stereocenters. The minimum Gasteiger partial charge on any atom is -0.294 e. The van der Waals surface area contributed by atoms with E-state index in [1.807, 2.05) is 18.2 Å². The molecule has 1 aromatic rings. The minimum absolute atomic E-state index is 0.0905. The van der Waals surface area contributed by atoms with Crippen LogP contribution in [-0.4, -0.2) is 11.1 Å². The monoisotopic (exact) mass is 251 g/mol. The van der Waals surface area contributed by atoms with Crippen LogP contribution in [0.25, 0.3) is 0 Å². The van der Waals surface area contributed by atoms with E-state index < -0.39 is 0 Å². The predicted octanol–water partition coefficient (Wildman–Crippen LogP) is 2.72. The molecule has 0 spiro atoms. The first kappa shape index (κ1) is 10.9. The van der Waals surface area contributed by atoms with Crippen LogP contribution < -0.4 is 0 Å². The number of nitrogens with zero attached hydrogens (tertiary/aromatic N) is 1. The average Bonchev–Trinajstić information content (AvgIpc) is 2.19. The van der Waals surface area contributed by atoms with E-state index in [2.05, 4.69) is 22.0 Å². The van der Waals surface area contributed by atoms with Crippen molar-refractivity contribution in [3.05, 3.63) is 35.4 Å². The van der Waals surface area contributed by atoms with Gasteiger partial charge < -0.3 is 0 Å². The summed E-state index contributed by atoms with van der Waals surface area (Å²) in [6, 6.07) is 9.32. The van der Waals surface area contributed by atoms with E-state index in [-0.39, 0.29) is 5.78 Å². The second kappa shape index (κ2) is 5.56. The first-order valence-corrected chi connectivity index (χ1v) is 5.45. The fourth-order valence-corrected chi connectivity index (χ4v) is 1.61. The fourth-order valence-electron chi connectivity index (χ4n) is 1.25. The number of halogens is 1. The number of benzene rings is 1. The second-order valence-electron chi connectivity index (χ2n) is 2.85. The van der Waals surface area contributed by atoms with Gasteiger partial charge in [0.2, 0.25) is 0 Å². The van der Waals surface area contributed by atoms with Crippen LogP contribution >= 0.6 is 15.9 Å². The Bertz CT molecular complexity index is 368. The second-order valence-corrected chi connectivity index (χ2v) is 3.65. The van der Waals surface area contributed by atoms with Crippen molar-refractivity contribution >= 4 is 21.7 Å². The van der Waals surface area contributed by atoms with E-state index in [0.29, 0.717) is 23.7 Å². The molecular weight excluding hydrogens is 242 g/mol. The first-order valence-electron chi connectivity index (χ1n) is 4.33. The highest BCUT2D eigenvalue weighted by molar-refractivity contribution is 9.09. The molecule has 0 heterocycles. The number of ketones is 1. The fraction of sp³-hybridized carbons (Fsp3) is 0.273. The van der Waals surface area contributed by atoms with Crippen LogP contribution in [0, 0.1) is 11.3 Å².